The summed E-state index contributed by atoms with van der Waals surface area (Å²) in [6.45, 7) is 0.832. The molecule has 1 aliphatic heterocycles. The third-order valence-electron chi connectivity index (χ3n) is 3.99. The monoisotopic (exact) mass is 365 g/mol. The number of rotatable bonds is 5. The van der Waals surface area contributed by atoms with Gasteiger partial charge in [-0.05, 0) is 42.3 Å². The molecule has 0 unspecified atom stereocenters. The molecule has 24 heavy (non-hydrogen) atoms. The minimum absolute atomic E-state index is 0.0161. The molecule has 1 heterocycles. The summed E-state index contributed by atoms with van der Waals surface area (Å²) in [5.41, 5.74) is 0.890. The molecule has 1 atom stereocenters. The number of carbonyl (C=O) groups excluding carboxylic acids is 1. The van der Waals surface area contributed by atoms with E-state index in [-0.39, 0.29) is 17.7 Å². The van der Waals surface area contributed by atoms with E-state index >= 15 is 0 Å². The zero-order valence-corrected chi connectivity index (χ0v) is 14.4. The standard InChI is InChI=1S/C18H17Cl2NO3/c19-13-7-14(20)9-17(8-13)24-11-15-4-5-18(23)21(15)10-12-2-1-3-16(22)6-12/h1-3,6-9,15,22H,4-5,10-11H2/t15-/m1/s1. The smallest absolute Gasteiger partial charge is 0.223 e. The summed E-state index contributed by atoms with van der Waals surface area (Å²) >= 11 is 11.9. The Morgan fingerprint density at radius 1 is 1.17 bits per heavy atom. The summed E-state index contributed by atoms with van der Waals surface area (Å²) in [4.78, 5) is 14.0. The van der Waals surface area contributed by atoms with E-state index in [1.807, 2.05) is 6.07 Å². The Hall–Kier alpha value is -1.91. The van der Waals surface area contributed by atoms with Gasteiger partial charge in [0.1, 0.15) is 18.1 Å². The van der Waals surface area contributed by atoms with Crippen molar-refractivity contribution >= 4 is 29.1 Å². The quantitative estimate of drug-likeness (QED) is 0.860. The van der Waals surface area contributed by atoms with Crippen molar-refractivity contribution in [3.8, 4) is 11.5 Å². The minimum atomic E-state index is -0.0161. The maximum atomic E-state index is 12.2. The molecule has 0 radical (unpaired) electrons. The predicted octanol–water partition coefficient (Wildman–Crippen LogP) is 4.27. The molecular weight excluding hydrogens is 349 g/mol. The lowest BCUT2D eigenvalue weighted by atomic mass is 10.2. The Kier molecular flexibility index (Phi) is 5.17. The van der Waals surface area contributed by atoms with Crippen LogP contribution in [0.1, 0.15) is 18.4 Å². The molecule has 1 amide bonds. The SMILES string of the molecule is O=C1CC[C@H](COc2cc(Cl)cc(Cl)c2)N1Cc1cccc(O)c1. The molecule has 126 valence electrons. The van der Waals surface area contributed by atoms with Crippen LogP contribution in [0.3, 0.4) is 0 Å². The first kappa shape index (κ1) is 16.9. The molecule has 0 aliphatic carbocycles. The average Bonchev–Trinajstić information content (AvgIpc) is 2.85. The Morgan fingerprint density at radius 3 is 2.62 bits per heavy atom. The molecule has 3 rings (SSSR count). The first-order valence-corrected chi connectivity index (χ1v) is 8.43. The van der Waals surface area contributed by atoms with Crippen LogP contribution >= 0.6 is 23.2 Å². The van der Waals surface area contributed by atoms with Crippen molar-refractivity contribution in [2.75, 3.05) is 6.61 Å². The van der Waals surface area contributed by atoms with Crippen LogP contribution in [-0.2, 0) is 11.3 Å². The van der Waals surface area contributed by atoms with E-state index in [4.69, 9.17) is 27.9 Å². The van der Waals surface area contributed by atoms with Crippen molar-refractivity contribution in [3.63, 3.8) is 0 Å². The fraction of sp³-hybridized carbons (Fsp3) is 0.278. The Balaban J connectivity index is 1.66. The number of benzene rings is 2. The van der Waals surface area contributed by atoms with Crippen molar-refractivity contribution < 1.29 is 14.6 Å². The fourth-order valence-electron chi connectivity index (χ4n) is 2.84. The Bertz CT molecular complexity index is 731. The summed E-state index contributed by atoms with van der Waals surface area (Å²) in [5, 5.41) is 10.6. The predicted molar refractivity (Wildman–Crippen MR) is 93.6 cm³/mol. The first-order valence-electron chi connectivity index (χ1n) is 7.67. The van der Waals surface area contributed by atoms with E-state index in [0.717, 1.165) is 12.0 Å². The number of likely N-dealkylation sites (tertiary alicyclic amines) is 1. The fourth-order valence-corrected chi connectivity index (χ4v) is 3.35. The molecule has 1 N–H and O–H groups in total. The van der Waals surface area contributed by atoms with Crippen LogP contribution in [0.15, 0.2) is 42.5 Å². The second kappa shape index (κ2) is 7.32. The van der Waals surface area contributed by atoms with Gasteiger partial charge < -0.3 is 14.7 Å². The molecule has 0 bridgehead atoms. The summed E-state index contributed by atoms with van der Waals surface area (Å²) in [6, 6.07) is 12.0. The molecule has 2 aromatic rings. The van der Waals surface area contributed by atoms with Gasteiger partial charge in [0.2, 0.25) is 5.91 Å². The molecule has 1 fully saturated rings. The van der Waals surface area contributed by atoms with Crippen molar-refractivity contribution in [2.45, 2.75) is 25.4 Å². The molecule has 1 aliphatic rings. The third-order valence-corrected chi connectivity index (χ3v) is 4.43. The molecule has 2 aromatic carbocycles. The molecule has 6 heteroatoms. The second-order valence-electron chi connectivity index (χ2n) is 5.80. The Labute approximate surface area is 150 Å². The van der Waals surface area contributed by atoms with Crippen LogP contribution in [-0.4, -0.2) is 28.6 Å². The van der Waals surface area contributed by atoms with Crippen LogP contribution < -0.4 is 4.74 Å². The highest BCUT2D eigenvalue weighted by Gasteiger charge is 2.31. The lowest BCUT2D eigenvalue weighted by Gasteiger charge is -2.25. The van der Waals surface area contributed by atoms with Gasteiger partial charge in [-0.3, -0.25) is 4.79 Å². The topological polar surface area (TPSA) is 49.8 Å². The number of aromatic hydroxyl groups is 1. The number of amides is 1. The van der Waals surface area contributed by atoms with Gasteiger partial charge in [0, 0.05) is 23.0 Å². The second-order valence-corrected chi connectivity index (χ2v) is 6.67. The molecule has 0 spiro atoms. The lowest BCUT2D eigenvalue weighted by molar-refractivity contribution is -0.129. The first-order chi connectivity index (χ1) is 11.5. The van der Waals surface area contributed by atoms with Gasteiger partial charge in [0.15, 0.2) is 0 Å². The van der Waals surface area contributed by atoms with Gasteiger partial charge in [-0.25, -0.2) is 0 Å². The number of nitrogens with zero attached hydrogens (tertiary/aromatic N) is 1. The number of halogens is 2. The van der Waals surface area contributed by atoms with Gasteiger partial charge in [0.05, 0.1) is 6.04 Å². The van der Waals surface area contributed by atoms with Crippen LogP contribution in [0.4, 0.5) is 0 Å². The molecular formula is C18H17Cl2NO3. The maximum absolute atomic E-state index is 12.2. The van der Waals surface area contributed by atoms with E-state index in [9.17, 15) is 9.90 Å². The molecule has 0 aromatic heterocycles. The summed E-state index contributed by atoms with van der Waals surface area (Å²) < 4.78 is 5.78. The van der Waals surface area contributed by atoms with Crippen molar-refractivity contribution in [1.82, 2.24) is 4.90 Å². The van der Waals surface area contributed by atoms with Crippen molar-refractivity contribution in [1.29, 1.82) is 0 Å². The van der Waals surface area contributed by atoms with E-state index < -0.39 is 0 Å². The largest absolute Gasteiger partial charge is 0.508 e. The van der Waals surface area contributed by atoms with Gasteiger partial charge >= 0.3 is 0 Å². The maximum Gasteiger partial charge on any atom is 0.223 e. The molecule has 1 saturated heterocycles. The van der Waals surface area contributed by atoms with Crippen LogP contribution in [0, 0.1) is 0 Å². The van der Waals surface area contributed by atoms with Crippen LogP contribution in [0.5, 0.6) is 11.5 Å². The highest BCUT2D eigenvalue weighted by atomic mass is 35.5. The highest BCUT2D eigenvalue weighted by Crippen LogP contribution is 2.27. The summed E-state index contributed by atoms with van der Waals surface area (Å²) in [5.74, 6) is 0.876. The van der Waals surface area contributed by atoms with Crippen molar-refractivity contribution in [2.24, 2.45) is 0 Å². The van der Waals surface area contributed by atoms with Crippen LogP contribution in [0.25, 0.3) is 0 Å². The van der Waals surface area contributed by atoms with E-state index in [1.165, 1.54) is 0 Å². The number of carbonyl (C=O) groups is 1. The average molecular weight is 366 g/mol. The van der Waals surface area contributed by atoms with Gasteiger partial charge in [-0.1, -0.05) is 35.3 Å². The third kappa shape index (κ3) is 4.13. The number of phenolic OH excluding ortho intramolecular Hbond substituents is 1. The van der Waals surface area contributed by atoms with Crippen molar-refractivity contribution in [3.05, 3.63) is 58.1 Å². The number of phenols is 1. The van der Waals surface area contributed by atoms with E-state index in [1.54, 1.807) is 41.3 Å². The van der Waals surface area contributed by atoms with Gasteiger partial charge in [0.25, 0.3) is 0 Å². The highest BCUT2D eigenvalue weighted by molar-refractivity contribution is 6.34. The zero-order chi connectivity index (χ0) is 17.1. The number of hydrogen-bond acceptors (Lipinski definition) is 3. The van der Waals surface area contributed by atoms with Gasteiger partial charge in [-0.15, -0.1) is 0 Å². The van der Waals surface area contributed by atoms with Crippen LogP contribution in [0.2, 0.25) is 10.0 Å². The summed E-state index contributed by atoms with van der Waals surface area (Å²) in [7, 11) is 0. The lowest BCUT2D eigenvalue weighted by Crippen LogP contribution is -2.36. The van der Waals surface area contributed by atoms with Gasteiger partial charge in [-0.2, -0.15) is 0 Å². The minimum Gasteiger partial charge on any atom is -0.508 e. The number of ether oxygens (including phenoxy) is 1. The normalized spacial score (nSPS) is 17.3. The molecule has 4 nitrogen and oxygen atoms in total. The molecule has 0 saturated carbocycles. The van der Waals surface area contributed by atoms with E-state index in [0.29, 0.717) is 35.4 Å². The Morgan fingerprint density at radius 2 is 1.92 bits per heavy atom. The zero-order valence-electron chi connectivity index (χ0n) is 12.9. The number of hydrogen-bond donors (Lipinski definition) is 1. The van der Waals surface area contributed by atoms with E-state index in [2.05, 4.69) is 0 Å². The summed E-state index contributed by atoms with van der Waals surface area (Å²) in [6.07, 6.45) is 1.25.